The van der Waals surface area contributed by atoms with E-state index in [1.807, 2.05) is 0 Å². The van der Waals surface area contributed by atoms with Crippen molar-refractivity contribution in [2.75, 3.05) is 19.1 Å². The van der Waals surface area contributed by atoms with Crippen LogP contribution < -0.4 is 0 Å². The van der Waals surface area contributed by atoms with Gasteiger partial charge in [-0.15, -0.1) is 11.6 Å². The van der Waals surface area contributed by atoms with Gasteiger partial charge in [-0.25, -0.2) is 0 Å². The third-order valence-electron chi connectivity index (χ3n) is 3.31. The molecule has 0 aliphatic rings. The molecule has 1 atom stereocenters. The van der Waals surface area contributed by atoms with Crippen molar-refractivity contribution in [3.05, 3.63) is 0 Å². The fraction of sp³-hybridized carbons (Fsp3) is 1.00. The van der Waals surface area contributed by atoms with Crippen LogP contribution in [0.25, 0.3) is 0 Å². The van der Waals surface area contributed by atoms with E-state index in [4.69, 9.17) is 20.5 Å². The van der Waals surface area contributed by atoms with Gasteiger partial charge >= 0.3 is 9.28 Å². The highest BCUT2D eigenvalue weighted by Gasteiger charge is 2.25. The number of hydrogen-bond donors (Lipinski definition) is 0. The van der Waals surface area contributed by atoms with E-state index >= 15 is 0 Å². The van der Waals surface area contributed by atoms with E-state index in [1.54, 1.807) is 0 Å². The van der Waals surface area contributed by atoms with Crippen LogP contribution >= 0.6 is 11.6 Å². The summed E-state index contributed by atoms with van der Waals surface area (Å²) in [6.45, 7) is 8.40. The number of rotatable bonds is 14. The highest BCUT2D eigenvalue weighted by Crippen LogP contribution is 2.26. The zero-order valence-corrected chi connectivity index (χ0v) is 15.0. The van der Waals surface area contributed by atoms with Crippen LogP contribution in [0.2, 0.25) is 5.54 Å². The molecule has 0 aliphatic heterocycles. The molecule has 116 valence electrons. The second-order valence-corrected chi connectivity index (χ2v) is 7.92. The second-order valence-electron chi connectivity index (χ2n) is 5.20. The van der Waals surface area contributed by atoms with Gasteiger partial charge in [0.25, 0.3) is 0 Å². The molecule has 1 unspecified atom stereocenters. The summed E-state index contributed by atoms with van der Waals surface area (Å²) in [7, 11) is -1.52. The molecule has 0 aromatic rings. The summed E-state index contributed by atoms with van der Waals surface area (Å²) in [5.74, 6) is 0.755. The molecule has 0 aromatic carbocycles. The molecule has 4 heteroatoms. The van der Waals surface area contributed by atoms with Crippen LogP contribution in [0.5, 0.6) is 0 Å². The first kappa shape index (κ1) is 19.4. The van der Waals surface area contributed by atoms with Gasteiger partial charge in [-0.3, -0.25) is 0 Å². The minimum Gasteiger partial charge on any atom is -0.396 e. The van der Waals surface area contributed by atoms with Crippen LogP contribution in [0.4, 0.5) is 0 Å². The average molecular weight is 309 g/mol. The lowest BCUT2D eigenvalue weighted by Gasteiger charge is -2.25. The molecule has 2 nitrogen and oxygen atoms in total. The summed E-state index contributed by atoms with van der Waals surface area (Å²) in [4.78, 5) is 0. The van der Waals surface area contributed by atoms with Gasteiger partial charge < -0.3 is 8.85 Å². The molecule has 0 aliphatic carbocycles. The molecule has 0 amide bonds. The third-order valence-corrected chi connectivity index (χ3v) is 6.15. The molecule has 0 radical (unpaired) electrons. The maximum Gasteiger partial charge on any atom is 0.324 e. The summed E-state index contributed by atoms with van der Waals surface area (Å²) in [6.07, 6.45) is 9.38. The van der Waals surface area contributed by atoms with Crippen molar-refractivity contribution >= 4 is 20.9 Å². The molecule has 0 N–H and O–H groups in total. The highest BCUT2D eigenvalue weighted by molar-refractivity contribution is 6.46. The molecule has 0 spiro atoms. The van der Waals surface area contributed by atoms with Crippen LogP contribution in [0, 0.1) is 0 Å². The van der Waals surface area contributed by atoms with Crippen molar-refractivity contribution in [3.63, 3.8) is 0 Å². The molecule has 0 fully saturated rings. The first-order valence-electron chi connectivity index (χ1n) is 8.09. The minimum atomic E-state index is -1.52. The molecule has 0 saturated carbocycles. The van der Waals surface area contributed by atoms with Gasteiger partial charge in [0.15, 0.2) is 0 Å². The van der Waals surface area contributed by atoms with Crippen molar-refractivity contribution in [3.8, 4) is 0 Å². The second kappa shape index (κ2) is 14.8. The minimum absolute atomic E-state index is 0.637. The van der Waals surface area contributed by atoms with Gasteiger partial charge in [0.05, 0.1) is 0 Å². The van der Waals surface area contributed by atoms with Crippen LogP contribution in [0.1, 0.15) is 72.1 Å². The van der Waals surface area contributed by atoms with E-state index in [-0.39, 0.29) is 0 Å². The number of unbranched alkanes of at least 4 members (excludes halogenated alkanes) is 2. The van der Waals surface area contributed by atoms with E-state index in [2.05, 4.69) is 20.8 Å². The van der Waals surface area contributed by atoms with Gasteiger partial charge in [0.1, 0.15) is 0 Å². The van der Waals surface area contributed by atoms with Gasteiger partial charge in [-0.05, 0) is 37.6 Å². The fourth-order valence-electron chi connectivity index (χ4n) is 2.13. The Kier molecular flexibility index (Phi) is 15.2. The monoisotopic (exact) mass is 308 g/mol. The van der Waals surface area contributed by atoms with Gasteiger partial charge in [-0.2, -0.15) is 0 Å². The largest absolute Gasteiger partial charge is 0.396 e. The number of alkyl halides is 1. The Morgan fingerprint density at radius 3 is 1.84 bits per heavy atom. The summed E-state index contributed by atoms with van der Waals surface area (Å²) in [5.41, 5.74) is 0.637. The lowest BCUT2D eigenvalue weighted by molar-refractivity contribution is 0.179. The van der Waals surface area contributed by atoms with E-state index in [1.165, 1.54) is 32.1 Å². The Labute approximate surface area is 127 Å². The smallest absolute Gasteiger partial charge is 0.324 e. The van der Waals surface area contributed by atoms with E-state index in [0.29, 0.717) is 5.54 Å². The maximum absolute atomic E-state index is 6.11. The Bertz CT molecular complexity index is 172. The van der Waals surface area contributed by atoms with Crippen molar-refractivity contribution in [2.24, 2.45) is 0 Å². The predicted octanol–water partition coefficient (Wildman–Crippen LogP) is 5.03. The quantitative estimate of drug-likeness (QED) is 0.254. The molecule has 19 heavy (non-hydrogen) atoms. The van der Waals surface area contributed by atoms with E-state index < -0.39 is 9.28 Å². The first-order valence-corrected chi connectivity index (χ1v) is 10.2. The molecular formula is C15H33ClO2Si. The van der Waals surface area contributed by atoms with Crippen molar-refractivity contribution in [1.82, 2.24) is 0 Å². The van der Waals surface area contributed by atoms with Gasteiger partial charge in [-0.1, -0.05) is 40.0 Å². The number of halogens is 1. The van der Waals surface area contributed by atoms with Crippen LogP contribution in [0.15, 0.2) is 0 Å². The van der Waals surface area contributed by atoms with Crippen LogP contribution in [-0.4, -0.2) is 28.4 Å². The molecule has 0 aromatic heterocycles. The molecule has 0 bridgehead atoms. The third kappa shape index (κ3) is 10.8. The highest BCUT2D eigenvalue weighted by atomic mass is 35.5. The summed E-state index contributed by atoms with van der Waals surface area (Å²) in [6, 6.07) is 0. The average Bonchev–Trinajstić information content (AvgIpc) is 2.42. The first-order chi connectivity index (χ1) is 9.29. The number of hydrogen-bond acceptors (Lipinski definition) is 2. The lowest BCUT2D eigenvalue weighted by Crippen LogP contribution is -2.30. The normalized spacial score (nSPS) is 13.1. The Morgan fingerprint density at radius 2 is 1.42 bits per heavy atom. The van der Waals surface area contributed by atoms with Crippen LogP contribution in [0.3, 0.4) is 0 Å². The Morgan fingerprint density at radius 1 is 0.842 bits per heavy atom. The van der Waals surface area contributed by atoms with Gasteiger partial charge in [0, 0.05) is 19.1 Å². The summed E-state index contributed by atoms with van der Waals surface area (Å²) < 4.78 is 12.2. The molecule has 0 heterocycles. The molecule has 0 rings (SSSR count). The van der Waals surface area contributed by atoms with E-state index in [0.717, 1.165) is 38.4 Å². The summed E-state index contributed by atoms with van der Waals surface area (Å²) in [5, 5.41) is 0. The van der Waals surface area contributed by atoms with Gasteiger partial charge in [0.2, 0.25) is 0 Å². The molecule has 0 saturated heterocycles. The van der Waals surface area contributed by atoms with E-state index in [9.17, 15) is 0 Å². The van der Waals surface area contributed by atoms with Crippen molar-refractivity contribution < 1.29 is 8.85 Å². The van der Waals surface area contributed by atoms with Crippen molar-refractivity contribution in [2.45, 2.75) is 77.7 Å². The maximum atomic E-state index is 6.11. The summed E-state index contributed by atoms with van der Waals surface area (Å²) >= 11 is 5.84. The van der Waals surface area contributed by atoms with Crippen molar-refractivity contribution in [1.29, 1.82) is 0 Å². The topological polar surface area (TPSA) is 18.5 Å². The SMILES string of the molecule is CCCCO[SiH](OCCCC)C(CCC)CCCCl. The zero-order valence-electron chi connectivity index (χ0n) is 13.1. The van der Waals surface area contributed by atoms with Crippen LogP contribution in [-0.2, 0) is 8.85 Å². The Hall–Kier alpha value is 0.427. The predicted molar refractivity (Wildman–Crippen MR) is 87.5 cm³/mol. The Balaban J connectivity index is 4.25. The lowest BCUT2D eigenvalue weighted by atomic mass is 10.1. The zero-order chi connectivity index (χ0) is 14.3. The standard InChI is InChI=1S/C15H33ClO2Si/c1-4-7-13-17-19(18-14-8-5-2)15(10-6-3)11-9-12-16/h15,19H,4-14H2,1-3H3. The molecular weight excluding hydrogens is 276 g/mol. The fourth-order valence-corrected chi connectivity index (χ4v) is 4.84.